The Labute approximate surface area is 177 Å². The molecule has 0 amide bonds. The van der Waals surface area contributed by atoms with E-state index in [-0.39, 0.29) is 0 Å². The largest absolute Gasteiger partial charge is 0.493 e. The van der Waals surface area contributed by atoms with E-state index in [0.29, 0.717) is 37.2 Å². The number of rotatable bonds is 9. The number of methoxy groups -OCH3 is 2. The molecule has 0 aliphatic rings. The maximum Gasteiger partial charge on any atom is 0.189 e. The fourth-order valence-corrected chi connectivity index (χ4v) is 2.89. The lowest BCUT2D eigenvalue weighted by Gasteiger charge is -2.11. The molecule has 0 atom stereocenters. The van der Waals surface area contributed by atoms with Crippen molar-refractivity contribution >= 4 is 5.96 Å². The van der Waals surface area contributed by atoms with Crippen molar-refractivity contribution in [2.45, 2.75) is 19.7 Å². The van der Waals surface area contributed by atoms with Gasteiger partial charge in [0.2, 0.25) is 0 Å². The molecule has 3 aromatic rings. The molecule has 0 saturated carbocycles. The van der Waals surface area contributed by atoms with Gasteiger partial charge in [-0.25, -0.2) is 4.99 Å². The standard InChI is InChI=1S/C24H27N3O3/c1-28-22-12-11-20(14-23(22)29-2)16-27-24(25)26-15-19-9-6-10-21(13-19)30-17-18-7-4-3-5-8-18/h3-14H,15-17H2,1-2H3,(H3,25,26,27). The van der Waals surface area contributed by atoms with E-state index in [0.717, 1.165) is 22.4 Å². The van der Waals surface area contributed by atoms with Crippen molar-refractivity contribution in [1.82, 2.24) is 5.32 Å². The van der Waals surface area contributed by atoms with Crippen LogP contribution in [-0.4, -0.2) is 20.2 Å². The van der Waals surface area contributed by atoms with Crippen LogP contribution in [0.3, 0.4) is 0 Å². The minimum atomic E-state index is 0.375. The lowest BCUT2D eigenvalue weighted by molar-refractivity contribution is 0.306. The molecule has 0 aliphatic heterocycles. The summed E-state index contributed by atoms with van der Waals surface area (Å²) in [6, 6.07) is 23.7. The molecule has 0 bridgehead atoms. The lowest BCUT2D eigenvalue weighted by atomic mass is 10.2. The molecule has 3 aromatic carbocycles. The summed E-state index contributed by atoms with van der Waals surface area (Å²) in [6.45, 7) is 1.53. The van der Waals surface area contributed by atoms with Crippen LogP contribution in [0.5, 0.6) is 17.2 Å². The Bertz CT molecular complexity index is 974. The van der Waals surface area contributed by atoms with Gasteiger partial charge in [-0.2, -0.15) is 0 Å². The van der Waals surface area contributed by atoms with Gasteiger partial charge in [-0.3, -0.25) is 0 Å². The second-order valence-corrected chi connectivity index (χ2v) is 6.67. The van der Waals surface area contributed by atoms with Crippen molar-refractivity contribution in [2.24, 2.45) is 10.7 Å². The van der Waals surface area contributed by atoms with Crippen LogP contribution in [0.1, 0.15) is 16.7 Å². The first-order valence-electron chi connectivity index (χ1n) is 9.68. The van der Waals surface area contributed by atoms with Gasteiger partial charge in [0, 0.05) is 6.54 Å². The van der Waals surface area contributed by atoms with E-state index in [9.17, 15) is 0 Å². The van der Waals surface area contributed by atoms with Gasteiger partial charge in [-0.15, -0.1) is 0 Å². The highest BCUT2D eigenvalue weighted by atomic mass is 16.5. The van der Waals surface area contributed by atoms with Gasteiger partial charge in [-0.1, -0.05) is 48.5 Å². The average Bonchev–Trinajstić information content (AvgIpc) is 2.80. The van der Waals surface area contributed by atoms with Gasteiger partial charge in [0.15, 0.2) is 17.5 Å². The zero-order valence-corrected chi connectivity index (χ0v) is 17.3. The average molecular weight is 405 g/mol. The first kappa shape index (κ1) is 21.0. The molecule has 6 nitrogen and oxygen atoms in total. The summed E-state index contributed by atoms with van der Waals surface area (Å²) in [5.41, 5.74) is 9.19. The molecule has 30 heavy (non-hydrogen) atoms. The van der Waals surface area contributed by atoms with Gasteiger partial charge in [0.25, 0.3) is 0 Å². The maximum atomic E-state index is 6.02. The topological polar surface area (TPSA) is 78.1 Å². The van der Waals surface area contributed by atoms with E-state index in [1.165, 1.54) is 0 Å². The number of guanidine groups is 1. The van der Waals surface area contributed by atoms with E-state index >= 15 is 0 Å². The minimum Gasteiger partial charge on any atom is -0.493 e. The number of ether oxygens (including phenoxy) is 3. The summed E-state index contributed by atoms with van der Waals surface area (Å²) in [5.74, 6) is 2.56. The first-order valence-corrected chi connectivity index (χ1v) is 9.68. The summed E-state index contributed by atoms with van der Waals surface area (Å²) in [6.07, 6.45) is 0. The van der Waals surface area contributed by atoms with Crippen molar-refractivity contribution in [3.05, 3.63) is 89.5 Å². The molecule has 3 N–H and O–H groups in total. The van der Waals surface area contributed by atoms with Crippen molar-refractivity contribution < 1.29 is 14.2 Å². The van der Waals surface area contributed by atoms with Gasteiger partial charge < -0.3 is 25.3 Å². The summed E-state index contributed by atoms with van der Waals surface area (Å²) in [7, 11) is 3.23. The van der Waals surface area contributed by atoms with E-state index in [1.807, 2.05) is 72.8 Å². The molecule has 0 fully saturated rings. The van der Waals surface area contributed by atoms with Crippen molar-refractivity contribution in [1.29, 1.82) is 0 Å². The third kappa shape index (κ3) is 6.17. The molecule has 0 spiro atoms. The third-order valence-corrected chi connectivity index (χ3v) is 4.50. The van der Waals surface area contributed by atoms with Crippen LogP contribution in [0.4, 0.5) is 0 Å². The number of hydrogen-bond donors (Lipinski definition) is 2. The Hall–Kier alpha value is -3.67. The fourth-order valence-electron chi connectivity index (χ4n) is 2.89. The number of aliphatic imine (C=N–C) groups is 1. The van der Waals surface area contributed by atoms with Crippen LogP contribution in [0.2, 0.25) is 0 Å². The van der Waals surface area contributed by atoms with E-state index in [4.69, 9.17) is 19.9 Å². The number of hydrogen-bond acceptors (Lipinski definition) is 4. The van der Waals surface area contributed by atoms with Gasteiger partial charge in [0.05, 0.1) is 20.8 Å². The summed E-state index contributed by atoms with van der Waals surface area (Å²) < 4.78 is 16.4. The third-order valence-electron chi connectivity index (χ3n) is 4.50. The summed E-state index contributed by atoms with van der Waals surface area (Å²) >= 11 is 0. The molecular formula is C24H27N3O3. The number of nitrogens with one attached hydrogen (secondary N) is 1. The molecule has 0 aromatic heterocycles. The molecule has 156 valence electrons. The van der Waals surface area contributed by atoms with E-state index < -0.39 is 0 Å². The number of nitrogens with two attached hydrogens (primary N) is 1. The zero-order chi connectivity index (χ0) is 21.2. The second kappa shape index (κ2) is 10.8. The highest BCUT2D eigenvalue weighted by molar-refractivity contribution is 5.77. The molecule has 6 heteroatoms. The van der Waals surface area contributed by atoms with Gasteiger partial charge >= 0.3 is 0 Å². The SMILES string of the molecule is COc1ccc(CNC(N)=NCc2cccc(OCc3ccccc3)c2)cc1OC. The molecule has 0 heterocycles. The van der Waals surface area contributed by atoms with Gasteiger partial charge in [0.1, 0.15) is 12.4 Å². The second-order valence-electron chi connectivity index (χ2n) is 6.67. The van der Waals surface area contributed by atoms with Crippen LogP contribution >= 0.6 is 0 Å². The molecule has 0 unspecified atom stereocenters. The smallest absolute Gasteiger partial charge is 0.189 e. The van der Waals surface area contributed by atoms with E-state index in [2.05, 4.69) is 10.3 Å². The molecule has 0 aliphatic carbocycles. The minimum absolute atomic E-state index is 0.375. The number of benzene rings is 3. The van der Waals surface area contributed by atoms with Crippen molar-refractivity contribution in [2.75, 3.05) is 14.2 Å². The predicted molar refractivity (Wildman–Crippen MR) is 119 cm³/mol. The van der Waals surface area contributed by atoms with Crippen molar-refractivity contribution in [3.8, 4) is 17.2 Å². The quantitative estimate of drug-likeness (QED) is 0.417. The molecular weight excluding hydrogens is 378 g/mol. The van der Waals surface area contributed by atoms with Crippen molar-refractivity contribution in [3.63, 3.8) is 0 Å². The number of nitrogens with zero attached hydrogens (tertiary/aromatic N) is 1. The fraction of sp³-hybridized carbons (Fsp3) is 0.208. The highest BCUT2D eigenvalue weighted by Crippen LogP contribution is 2.27. The Kier molecular flexibility index (Phi) is 7.55. The normalized spacial score (nSPS) is 11.1. The zero-order valence-electron chi connectivity index (χ0n) is 17.3. The van der Waals surface area contributed by atoms with Gasteiger partial charge in [-0.05, 0) is 41.0 Å². The summed E-state index contributed by atoms with van der Waals surface area (Å²) in [5, 5.41) is 3.12. The maximum absolute atomic E-state index is 6.02. The van der Waals surface area contributed by atoms with Crippen LogP contribution in [0.25, 0.3) is 0 Å². The first-order chi connectivity index (χ1) is 14.7. The van der Waals surface area contributed by atoms with Crippen LogP contribution in [0.15, 0.2) is 77.8 Å². The Morgan fingerprint density at radius 3 is 2.37 bits per heavy atom. The van der Waals surface area contributed by atoms with Crippen LogP contribution < -0.4 is 25.3 Å². The lowest BCUT2D eigenvalue weighted by Crippen LogP contribution is -2.31. The molecule has 0 saturated heterocycles. The van der Waals surface area contributed by atoms with Crippen LogP contribution in [0, 0.1) is 0 Å². The monoisotopic (exact) mass is 405 g/mol. The van der Waals surface area contributed by atoms with E-state index in [1.54, 1.807) is 14.2 Å². The Morgan fingerprint density at radius 2 is 1.60 bits per heavy atom. The summed E-state index contributed by atoms with van der Waals surface area (Å²) in [4.78, 5) is 4.42. The Morgan fingerprint density at radius 1 is 0.833 bits per heavy atom. The Balaban J connectivity index is 1.52. The van der Waals surface area contributed by atoms with Crippen LogP contribution in [-0.2, 0) is 19.7 Å². The predicted octanol–water partition coefficient (Wildman–Crippen LogP) is 3.89. The highest BCUT2D eigenvalue weighted by Gasteiger charge is 2.05. The molecule has 0 radical (unpaired) electrons. The molecule has 3 rings (SSSR count).